The Morgan fingerprint density at radius 3 is 2.64 bits per heavy atom. The van der Waals surface area contributed by atoms with Crippen LogP contribution in [0.25, 0.3) is 10.2 Å². The summed E-state index contributed by atoms with van der Waals surface area (Å²) in [6.07, 6.45) is 6.55. The first kappa shape index (κ1) is 15.8. The zero-order chi connectivity index (χ0) is 17.0. The molecular formula is C20H24N2O2S. The molecule has 6 rings (SSSR count). The highest BCUT2D eigenvalue weighted by atomic mass is 32.1. The number of nitrogens with zero attached hydrogens (tertiary/aromatic N) is 1. The Balaban J connectivity index is 1.34. The fraction of sp³-hybridized carbons (Fsp3) is 0.600. The molecule has 1 aromatic heterocycles. The molecule has 4 aliphatic rings. The van der Waals surface area contributed by atoms with Gasteiger partial charge >= 0.3 is 0 Å². The van der Waals surface area contributed by atoms with E-state index in [1.54, 1.807) is 11.3 Å². The third-order valence-electron chi connectivity index (χ3n) is 7.02. The summed E-state index contributed by atoms with van der Waals surface area (Å²) in [6.45, 7) is 0.637. The molecule has 25 heavy (non-hydrogen) atoms. The summed E-state index contributed by atoms with van der Waals surface area (Å²) in [6, 6.07) is 5.74. The van der Waals surface area contributed by atoms with Crippen molar-refractivity contribution in [1.29, 1.82) is 0 Å². The average molecular weight is 356 g/mol. The van der Waals surface area contributed by atoms with Gasteiger partial charge in [0.15, 0.2) is 0 Å². The van der Waals surface area contributed by atoms with Crippen LogP contribution in [0.5, 0.6) is 0 Å². The summed E-state index contributed by atoms with van der Waals surface area (Å²) in [5, 5.41) is 3.20. The lowest BCUT2D eigenvalue weighted by molar-refractivity contribution is -0.186. The Morgan fingerprint density at radius 2 is 1.96 bits per heavy atom. The number of rotatable bonds is 4. The Bertz CT molecular complexity index is 787. The van der Waals surface area contributed by atoms with Gasteiger partial charge in [-0.2, -0.15) is 0 Å². The largest absolute Gasteiger partial charge is 0.376 e. The number of amides is 1. The lowest BCUT2D eigenvalue weighted by atomic mass is 9.49. The Labute approximate surface area is 152 Å². The predicted molar refractivity (Wildman–Crippen MR) is 98.7 cm³/mol. The van der Waals surface area contributed by atoms with Gasteiger partial charge in [-0.1, -0.05) is 0 Å². The van der Waals surface area contributed by atoms with E-state index in [1.807, 2.05) is 30.8 Å². The smallest absolute Gasteiger partial charge is 0.251 e. The van der Waals surface area contributed by atoms with Gasteiger partial charge in [0, 0.05) is 19.2 Å². The molecule has 0 aliphatic heterocycles. The molecule has 132 valence electrons. The maximum atomic E-state index is 12.7. The number of fused-ring (bicyclic) bond motifs is 1. The molecule has 0 atom stereocenters. The molecule has 0 spiro atoms. The first-order valence-corrected chi connectivity index (χ1v) is 10.2. The van der Waals surface area contributed by atoms with E-state index in [0.29, 0.717) is 23.9 Å². The summed E-state index contributed by atoms with van der Waals surface area (Å²) >= 11 is 1.57. The van der Waals surface area contributed by atoms with Crippen molar-refractivity contribution in [2.24, 2.45) is 23.7 Å². The van der Waals surface area contributed by atoms with E-state index in [2.05, 4.69) is 10.3 Å². The van der Waals surface area contributed by atoms with Crippen molar-refractivity contribution in [3.8, 4) is 0 Å². The van der Waals surface area contributed by atoms with Crippen LogP contribution in [-0.4, -0.2) is 30.1 Å². The minimum atomic E-state index is -0.155. The number of thiazole rings is 1. The predicted octanol–water partition coefficient (Wildman–Crippen LogP) is 3.87. The highest BCUT2D eigenvalue weighted by Crippen LogP contribution is 2.59. The van der Waals surface area contributed by atoms with Crippen LogP contribution in [0.3, 0.4) is 0 Å². The second-order valence-corrected chi connectivity index (χ2v) is 9.07. The monoisotopic (exact) mass is 356 g/mol. The summed E-state index contributed by atoms with van der Waals surface area (Å²) in [4.78, 5) is 17.0. The van der Waals surface area contributed by atoms with E-state index >= 15 is 0 Å². The molecule has 4 fully saturated rings. The molecule has 1 amide bonds. The molecular weight excluding hydrogens is 332 g/mol. The summed E-state index contributed by atoms with van der Waals surface area (Å²) in [5.41, 5.74) is 3.33. The highest BCUT2D eigenvalue weighted by Gasteiger charge is 2.57. The Morgan fingerprint density at radius 1 is 1.24 bits per heavy atom. The average Bonchev–Trinajstić information content (AvgIpc) is 3.08. The van der Waals surface area contributed by atoms with Crippen LogP contribution >= 0.6 is 11.3 Å². The maximum Gasteiger partial charge on any atom is 0.251 e. The van der Waals surface area contributed by atoms with Crippen molar-refractivity contribution in [2.75, 3.05) is 13.7 Å². The molecule has 4 aliphatic carbocycles. The van der Waals surface area contributed by atoms with Crippen molar-refractivity contribution in [3.63, 3.8) is 0 Å². The van der Waals surface area contributed by atoms with Gasteiger partial charge in [0.05, 0.1) is 21.3 Å². The van der Waals surface area contributed by atoms with Crippen LogP contribution in [0.4, 0.5) is 0 Å². The van der Waals surface area contributed by atoms with Crippen molar-refractivity contribution in [1.82, 2.24) is 10.3 Å². The fourth-order valence-corrected chi connectivity index (χ4v) is 6.71. The van der Waals surface area contributed by atoms with E-state index in [1.165, 1.54) is 32.1 Å². The van der Waals surface area contributed by atoms with E-state index in [0.717, 1.165) is 22.1 Å². The number of hydrogen-bond acceptors (Lipinski definition) is 4. The molecule has 4 nitrogen and oxygen atoms in total. The lowest BCUT2D eigenvalue weighted by Gasteiger charge is -2.60. The normalized spacial score (nSPS) is 36.0. The summed E-state index contributed by atoms with van der Waals surface area (Å²) in [7, 11) is 1.85. The van der Waals surface area contributed by atoms with Crippen LogP contribution in [0.1, 0.15) is 42.5 Å². The van der Waals surface area contributed by atoms with Crippen LogP contribution in [0.15, 0.2) is 23.7 Å². The Hall–Kier alpha value is -1.46. The first-order valence-electron chi connectivity index (χ1n) is 9.34. The quantitative estimate of drug-likeness (QED) is 0.905. The number of methoxy groups -OCH3 is 1. The molecule has 4 saturated carbocycles. The van der Waals surface area contributed by atoms with Crippen LogP contribution in [0, 0.1) is 23.7 Å². The zero-order valence-electron chi connectivity index (χ0n) is 14.5. The van der Waals surface area contributed by atoms with Gasteiger partial charge in [-0.25, -0.2) is 4.98 Å². The molecule has 1 heterocycles. The molecule has 5 heteroatoms. The zero-order valence-corrected chi connectivity index (χ0v) is 15.3. The van der Waals surface area contributed by atoms with Crippen molar-refractivity contribution >= 4 is 27.5 Å². The fourth-order valence-electron chi connectivity index (χ4n) is 5.99. The van der Waals surface area contributed by atoms with Crippen molar-refractivity contribution in [3.05, 3.63) is 29.3 Å². The molecule has 0 radical (unpaired) electrons. The van der Waals surface area contributed by atoms with E-state index in [9.17, 15) is 4.79 Å². The number of nitrogens with one attached hydrogen (secondary N) is 1. The summed E-state index contributed by atoms with van der Waals surface area (Å²) < 4.78 is 7.20. The van der Waals surface area contributed by atoms with Gasteiger partial charge in [0.1, 0.15) is 0 Å². The summed E-state index contributed by atoms with van der Waals surface area (Å²) in [5.74, 6) is 3.02. The third kappa shape index (κ3) is 2.43. The first-order chi connectivity index (χ1) is 12.2. The number of carbonyl (C=O) groups is 1. The molecule has 0 unspecified atom stereocenters. The van der Waals surface area contributed by atoms with Gasteiger partial charge in [-0.3, -0.25) is 4.79 Å². The van der Waals surface area contributed by atoms with E-state index in [-0.39, 0.29) is 11.5 Å². The van der Waals surface area contributed by atoms with Gasteiger partial charge in [-0.15, -0.1) is 11.3 Å². The standard InChI is InChI=1S/C20H24N2O2S/c1-24-20(15-5-12-4-13(7-15)8-16(20)6-12)10-21-19(23)14-2-3-17-18(9-14)25-11-22-17/h2-3,9,11-13,15-16H,4-8,10H2,1H3,(H,21,23). The minimum Gasteiger partial charge on any atom is -0.376 e. The molecule has 1 aromatic carbocycles. The number of carbonyl (C=O) groups excluding carboxylic acids is 1. The number of hydrogen-bond donors (Lipinski definition) is 1. The maximum absolute atomic E-state index is 12.7. The molecule has 4 bridgehead atoms. The SMILES string of the molecule is COC1(CNC(=O)c2ccc3ncsc3c2)C2CC3CC(C2)CC1C3. The molecule has 2 aromatic rings. The highest BCUT2D eigenvalue weighted by molar-refractivity contribution is 7.16. The molecule has 1 N–H and O–H groups in total. The van der Waals surface area contributed by atoms with Crippen LogP contribution < -0.4 is 5.32 Å². The van der Waals surface area contributed by atoms with Gasteiger partial charge in [0.2, 0.25) is 0 Å². The molecule has 0 saturated heterocycles. The number of benzene rings is 1. The van der Waals surface area contributed by atoms with Crippen LogP contribution in [-0.2, 0) is 4.74 Å². The van der Waals surface area contributed by atoms with E-state index in [4.69, 9.17) is 4.74 Å². The van der Waals surface area contributed by atoms with Gasteiger partial charge < -0.3 is 10.1 Å². The van der Waals surface area contributed by atoms with Crippen molar-refractivity contribution in [2.45, 2.75) is 37.7 Å². The van der Waals surface area contributed by atoms with Gasteiger partial charge in [0.25, 0.3) is 5.91 Å². The number of ether oxygens (including phenoxy) is 1. The second kappa shape index (κ2) is 5.78. The second-order valence-electron chi connectivity index (χ2n) is 8.18. The number of aromatic nitrogens is 1. The third-order valence-corrected chi connectivity index (χ3v) is 7.81. The lowest BCUT2D eigenvalue weighted by Crippen LogP contribution is -2.63. The van der Waals surface area contributed by atoms with Gasteiger partial charge in [-0.05, 0) is 74.0 Å². The topological polar surface area (TPSA) is 51.2 Å². The van der Waals surface area contributed by atoms with Crippen LogP contribution in [0.2, 0.25) is 0 Å². The van der Waals surface area contributed by atoms with Crippen molar-refractivity contribution < 1.29 is 9.53 Å². The van der Waals surface area contributed by atoms with E-state index < -0.39 is 0 Å². The Kier molecular flexibility index (Phi) is 3.64. The minimum absolute atomic E-state index is 0.000492.